The molecule has 0 spiro atoms. The van der Waals surface area contributed by atoms with Crippen LogP contribution in [0, 0.1) is 6.92 Å². The van der Waals surface area contributed by atoms with Gasteiger partial charge in [-0.2, -0.15) is 0 Å². The normalized spacial score (nSPS) is 11.5. The van der Waals surface area contributed by atoms with E-state index in [9.17, 15) is 0 Å². The SMILES string of the molecule is Cc1cc(/C(N)=N/O)ccc1CSc1ccccc1. The monoisotopic (exact) mass is 272 g/mol. The number of nitrogens with two attached hydrogens (primary N) is 1. The van der Waals surface area contributed by atoms with Gasteiger partial charge < -0.3 is 10.9 Å². The molecule has 0 amide bonds. The van der Waals surface area contributed by atoms with Gasteiger partial charge in [0.25, 0.3) is 0 Å². The van der Waals surface area contributed by atoms with Crippen LogP contribution in [0.25, 0.3) is 0 Å². The second kappa shape index (κ2) is 6.29. The fourth-order valence-corrected chi connectivity index (χ4v) is 2.75. The molecule has 0 heterocycles. The van der Waals surface area contributed by atoms with Crippen molar-refractivity contribution in [3.63, 3.8) is 0 Å². The first kappa shape index (κ1) is 13.5. The molecule has 0 saturated heterocycles. The van der Waals surface area contributed by atoms with Gasteiger partial charge >= 0.3 is 0 Å². The van der Waals surface area contributed by atoms with E-state index in [1.807, 2.05) is 43.3 Å². The zero-order valence-corrected chi connectivity index (χ0v) is 11.5. The molecule has 0 atom stereocenters. The second-order valence-corrected chi connectivity index (χ2v) is 5.28. The van der Waals surface area contributed by atoms with E-state index in [0.29, 0.717) is 0 Å². The van der Waals surface area contributed by atoms with E-state index >= 15 is 0 Å². The van der Waals surface area contributed by atoms with Crippen molar-refractivity contribution in [2.75, 3.05) is 0 Å². The van der Waals surface area contributed by atoms with E-state index < -0.39 is 0 Å². The molecule has 4 heteroatoms. The molecular weight excluding hydrogens is 256 g/mol. The molecule has 3 N–H and O–H groups in total. The standard InChI is InChI=1S/C15H16N2OS/c1-11-9-12(15(16)17-18)7-8-13(11)10-19-14-5-3-2-4-6-14/h2-9,18H,10H2,1H3,(H2,16,17). The summed E-state index contributed by atoms with van der Waals surface area (Å²) in [5.41, 5.74) is 8.72. The summed E-state index contributed by atoms with van der Waals surface area (Å²) in [5, 5.41) is 11.7. The van der Waals surface area contributed by atoms with Gasteiger partial charge in [-0.15, -0.1) is 11.8 Å². The number of oxime groups is 1. The lowest BCUT2D eigenvalue weighted by molar-refractivity contribution is 0.318. The van der Waals surface area contributed by atoms with Crippen LogP contribution < -0.4 is 5.73 Å². The van der Waals surface area contributed by atoms with Crippen molar-refractivity contribution in [1.82, 2.24) is 0 Å². The average molecular weight is 272 g/mol. The third-order valence-corrected chi connectivity index (χ3v) is 3.94. The minimum atomic E-state index is 0.144. The van der Waals surface area contributed by atoms with Crippen molar-refractivity contribution >= 4 is 17.6 Å². The highest BCUT2D eigenvalue weighted by Crippen LogP contribution is 2.24. The van der Waals surface area contributed by atoms with Gasteiger partial charge in [0.1, 0.15) is 0 Å². The lowest BCUT2D eigenvalue weighted by Gasteiger charge is -2.08. The van der Waals surface area contributed by atoms with Crippen LogP contribution in [0.5, 0.6) is 0 Å². The molecule has 0 aliphatic carbocycles. The molecular formula is C15H16N2OS. The zero-order chi connectivity index (χ0) is 13.7. The van der Waals surface area contributed by atoms with E-state index in [4.69, 9.17) is 10.9 Å². The lowest BCUT2D eigenvalue weighted by Crippen LogP contribution is -2.13. The number of hydrogen-bond donors (Lipinski definition) is 2. The smallest absolute Gasteiger partial charge is 0.170 e. The Kier molecular flexibility index (Phi) is 4.47. The maximum atomic E-state index is 8.66. The molecule has 0 radical (unpaired) electrons. The number of thioether (sulfide) groups is 1. The maximum absolute atomic E-state index is 8.66. The van der Waals surface area contributed by atoms with Gasteiger partial charge in [0.2, 0.25) is 0 Å². The summed E-state index contributed by atoms with van der Waals surface area (Å²) in [4.78, 5) is 1.25. The number of hydrogen-bond acceptors (Lipinski definition) is 3. The van der Waals surface area contributed by atoms with Gasteiger partial charge in [0.15, 0.2) is 5.84 Å². The van der Waals surface area contributed by atoms with Crippen LogP contribution in [0.15, 0.2) is 58.6 Å². The molecule has 2 rings (SSSR count). The maximum Gasteiger partial charge on any atom is 0.170 e. The summed E-state index contributed by atoms with van der Waals surface area (Å²) in [5.74, 6) is 1.05. The molecule has 3 nitrogen and oxygen atoms in total. The molecule has 19 heavy (non-hydrogen) atoms. The molecule has 0 aliphatic rings. The van der Waals surface area contributed by atoms with Crippen LogP contribution in [-0.4, -0.2) is 11.0 Å². The third kappa shape index (κ3) is 3.51. The number of amidine groups is 1. The van der Waals surface area contributed by atoms with E-state index in [2.05, 4.69) is 17.3 Å². The summed E-state index contributed by atoms with van der Waals surface area (Å²) in [6, 6.07) is 16.1. The summed E-state index contributed by atoms with van der Waals surface area (Å²) in [6.45, 7) is 2.04. The lowest BCUT2D eigenvalue weighted by atomic mass is 10.1. The summed E-state index contributed by atoms with van der Waals surface area (Å²) < 4.78 is 0. The van der Waals surface area contributed by atoms with Crippen molar-refractivity contribution in [2.24, 2.45) is 10.9 Å². The third-order valence-electron chi connectivity index (χ3n) is 2.88. The number of aryl methyl sites for hydroxylation is 1. The first-order chi connectivity index (χ1) is 9.20. The quantitative estimate of drug-likeness (QED) is 0.295. The van der Waals surface area contributed by atoms with E-state index in [-0.39, 0.29) is 5.84 Å². The Morgan fingerprint density at radius 3 is 2.58 bits per heavy atom. The van der Waals surface area contributed by atoms with E-state index in [1.165, 1.54) is 10.5 Å². The highest BCUT2D eigenvalue weighted by atomic mass is 32.2. The number of benzene rings is 2. The van der Waals surface area contributed by atoms with Crippen molar-refractivity contribution in [1.29, 1.82) is 0 Å². The Morgan fingerprint density at radius 1 is 1.21 bits per heavy atom. The molecule has 2 aromatic rings. The van der Waals surface area contributed by atoms with Crippen molar-refractivity contribution in [3.05, 3.63) is 65.2 Å². The summed E-state index contributed by atoms with van der Waals surface area (Å²) in [7, 11) is 0. The second-order valence-electron chi connectivity index (χ2n) is 4.23. The number of nitrogens with zero attached hydrogens (tertiary/aromatic N) is 1. The van der Waals surface area contributed by atoms with Crippen molar-refractivity contribution in [2.45, 2.75) is 17.6 Å². The average Bonchev–Trinajstić information content (AvgIpc) is 2.46. The van der Waals surface area contributed by atoms with Gasteiger partial charge in [0, 0.05) is 16.2 Å². The van der Waals surface area contributed by atoms with Gasteiger partial charge in [0.05, 0.1) is 0 Å². The Labute approximate surface area is 117 Å². The Balaban J connectivity index is 2.10. The van der Waals surface area contributed by atoms with E-state index in [1.54, 1.807) is 11.8 Å². The Hall–Kier alpha value is -1.94. The summed E-state index contributed by atoms with van der Waals surface area (Å²) >= 11 is 1.80. The molecule has 0 unspecified atom stereocenters. The van der Waals surface area contributed by atoms with Gasteiger partial charge in [-0.25, -0.2) is 0 Å². The zero-order valence-electron chi connectivity index (χ0n) is 10.7. The molecule has 0 aromatic heterocycles. The van der Waals surface area contributed by atoms with Crippen LogP contribution >= 0.6 is 11.8 Å². The minimum Gasteiger partial charge on any atom is -0.409 e. The predicted octanol–water partition coefficient (Wildman–Crippen LogP) is 3.38. The highest BCUT2D eigenvalue weighted by molar-refractivity contribution is 7.98. The molecule has 0 bridgehead atoms. The Morgan fingerprint density at radius 2 is 1.95 bits per heavy atom. The van der Waals surface area contributed by atoms with Crippen LogP contribution in [0.4, 0.5) is 0 Å². The largest absolute Gasteiger partial charge is 0.409 e. The molecule has 0 aliphatic heterocycles. The molecule has 0 fully saturated rings. The molecule has 0 saturated carbocycles. The van der Waals surface area contributed by atoms with Crippen molar-refractivity contribution in [3.8, 4) is 0 Å². The topological polar surface area (TPSA) is 58.6 Å². The first-order valence-corrected chi connectivity index (χ1v) is 6.94. The van der Waals surface area contributed by atoms with Crippen molar-refractivity contribution < 1.29 is 5.21 Å². The number of rotatable bonds is 4. The minimum absolute atomic E-state index is 0.144. The molecule has 98 valence electrons. The Bertz CT molecular complexity index is 582. The molecule has 2 aromatic carbocycles. The van der Waals surface area contributed by atoms with Crippen LogP contribution in [0.1, 0.15) is 16.7 Å². The highest BCUT2D eigenvalue weighted by Gasteiger charge is 2.04. The van der Waals surface area contributed by atoms with Gasteiger partial charge in [-0.3, -0.25) is 0 Å². The van der Waals surface area contributed by atoms with Crippen LogP contribution in [0.3, 0.4) is 0 Å². The van der Waals surface area contributed by atoms with E-state index in [0.717, 1.165) is 16.9 Å². The van der Waals surface area contributed by atoms with Crippen LogP contribution in [-0.2, 0) is 5.75 Å². The fraction of sp³-hybridized carbons (Fsp3) is 0.133. The summed E-state index contributed by atoms with van der Waals surface area (Å²) in [6.07, 6.45) is 0. The predicted molar refractivity (Wildman–Crippen MR) is 79.7 cm³/mol. The first-order valence-electron chi connectivity index (χ1n) is 5.96. The fourth-order valence-electron chi connectivity index (χ4n) is 1.75. The van der Waals surface area contributed by atoms with Gasteiger partial charge in [-0.1, -0.05) is 35.5 Å². The van der Waals surface area contributed by atoms with Crippen LogP contribution in [0.2, 0.25) is 0 Å². The van der Waals surface area contributed by atoms with Gasteiger partial charge in [-0.05, 0) is 36.2 Å².